The molecule has 254 valence electrons. The van der Waals surface area contributed by atoms with Crippen molar-refractivity contribution in [2.24, 2.45) is 0 Å². The Balaban J connectivity index is 1.89. The van der Waals surface area contributed by atoms with Gasteiger partial charge in [0.15, 0.2) is 11.6 Å². The van der Waals surface area contributed by atoms with Crippen molar-refractivity contribution in [1.82, 2.24) is 19.9 Å². The minimum Gasteiger partial charge on any atom is -0.383 e. The molecule has 1 N–H and O–H groups in total. The molecule has 0 saturated carbocycles. The lowest BCUT2D eigenvalue weighted by molar-refractivity contribution is 0.0818. The predicted octanol–water partition coefficient (Wildman–Crippen LogP) is 3.64. The van der Waals surface area contributed by atoms with Crippen molar-refractivity contribution in [3.05, 3.63) is 34.6 Å². The number of fused-ring (bicyclic) bond motifs is 1. The summed E-state index contributed by atoms with van der Waals surface area (Å²) in [6, 6.07) is 4.64. The molecule has 0 amide bonds. The van der Waals surface area contributed by atoms with E-state index in [1.807, 2.05) is 9.80 Å². The number of piperidine rings is 1. The van der Waals surface area contributed by atoms with Crippen LogP contribution < -0.4 is 20.0 Å². The molecule has 0 bridgehead atoms. The Kier molecular flexibility index (Phi) is 14.2. The van der Waals surface area contributed by atoms with Crippen LogP contribution >= 0.6 is 11.6 Å². The molecular weight excluding hydrogens is 619 g/mol. The second-order valence-corrected chi connectivity index (χ2v) is 11.3. The van der Waals surface area contributed by atoms with Gasteiger partial charge in [0.05, 0.1) is 37.6 Å². The van der Waals surface area contributed by atoms with Crippen LogP contribution in [0.3, 0.4) is 0 Å². The van der Waals surface area contributed by atoms with E-state index in [4.69, 9.17) is 55.2 Å². The minimum atomic E-state index is -0.474. The first-order chi connectivity index (χ1) is 22.4. The maximum Gasteiger partial charge on any atom is 0.228 e. The molecule has 0 unspecified atom stereocenters. The fraction of sp³-hybridized carbons (Fsp3) is 0.613. The van der Waals surface area contributed by atoms with Gasteiger partial charge < -0.3 is 43.7 Å². The van der Waals surface area contributed by atoms with Gasteiger partial charge in [0.25, 0.3) is 0 Å². The van der Waals surface area contributed by atoms with Crippen molar-refractivity contribution in [3.63, 3.8) is 0 Å². The van der Waals surface area contributed by atoms with Crippen LogP contribution in [0.5, 0.6) is 0 Å². The van der Waals surface area contributed by atoms with Gasteiger partial charge in [-0.2, -0.15) is 9.97 Å². The highest BCUT2D eigenvalue weighted by Gasteiger charge is 2.27. The number of aromatic nitrogens is 4. The molecule has 13 nitrogen and oxygen atoms in total. The van der Waals surface area contributed by atoms with Gasteiger partial charge in [-0.1, -0.05) is 17.7 Å². The molecule has 0 spiro atoms. The molecule has 2 aromatic heterocycles. The van der Waals surface area contributed by atoms with Gasteiger partial charge in [-0.3, -0.25) is 0 Å². The van der Waals surface area contributed by atoms with Gasteiger partial charge in [-0.25, -0.2) is 14.4 Å². The molecule has 1 saturated heterocycles. The molecule has 1 aromatic carbocycles. The summed E-state index contributed by atoms with van der Waals surface area (Å²) in [4.78, 5) is 26.6. The second-order valence-electron chi connectivity index (χ2n) is 10.9. The quantitative estimate of drug-likeness (QED) is 0.201. The van der Waals surface area contributed by atoms with Gasteiger partial charge in [-0.05, 0) is 30.5 Å². The molecule has 46 heavy (non-hydrogen) atoms. The summed E-state index contributed by atoms with van der Waals surface area (Å²) >= 11 is 6.10. The van der Waals surface area contributed by atoms with E-state index in [-0.39, 0.29) is 11.1 Å². The lowest BCUT2D eigenvalue weighted by Crippen LogP contribution is -2.38. The maximum atomic E-state index is 13.9. The van der Waals surface area contributed by atoms with Crippen LogP contribution in [0, 0.1) is 5.82 Å². The summed E-state index contributed by atoms with van der Waals surface area (Å²) in [5, 5.41) is 3.49. The molecule has 0 radical (unpaired) electrons. The summed E-state index contributed by atoms with van der Waals surface area (Å²) in [5.41, 5.74) is 1.96. The molecular formula is C31H46ClFN8O5. The third kappa shape index (κ3) is 9.46. The Labute approximate surface area is 275 Å². The van der Waals surface area contributed by atoms with Gasteiger partial charge in [0, 0.05) is 81.4 Å². The van der Waals surface area contributed by atoms with E-state index in [9.17, 15) is 4.39 Å². The van der Waals surface area contributed by atoms with Gasteiger partial charge in [0.2, 0.25) is 11.9 Å². The highest BCUT2D eigenvalue weighted by atomic mass is 35.5. The number of hydrogen-bond acceptors (Lipinski definition) is 13. The Bertz CT molecular complexity index is 1370. The molecule has 1 aliphatic rings. The Morgan fingerprint density at radius 2 is 1.35 bits per heavy atom. The molecule has 3 aromatic rings. The second kappa shape index (κ2) is 18.3. The fourth-order valence-electron chi connectivity index (χ4n) is 5.17. The largest absolute Gasteiger partial charge is 0.383 e. The van der Waals surface area contributed by atoms with Crippen LogP contribution in [-0.4, -0.2) is 127 Å². The average Bonchev–Trinajstić information content (AvgIpc) is 3.08. The minimum absolute atomic E-state index is 0.0520. The average molecular weight is 665 g/mol. The number of halogens is 2. The van der Waals surface area contributed by atoms with E-state index in [2.05, 4.69) is 10.2 Å². The number of rotatable bonds is 19. The Morgan fingerprint density at radius 1 is 0.804 bits per heavy atom. The lowest BCUT2D eigenvalue weighted by atomic mass is 10.1. The normalized spacial score (nSPS) is 13.8. The fourth-order valence-corrected chi connectivity index (χ4v) is 5.38. The maximum absolute atomic E-state index is 13.9. The van der Waals surface area contributed by atoms with Crippen LogP contribution in [0.25, 0.3) is 11.0 Å². The van der Waals surface area contributed by atoms with E-state index < -0.39 is 5.82 Å². The SMILES string of the molecule is COCCN(CCOC)c1nc(N2CCC(OC)CC2)c2nc(N(CCOC)CCOC)nc(NCc3ccc(F)c(Cl)c3)c2n1. The first kappa shape index (κ1) is 35.7. The number of methoxy groups -OCH3 is 5. The van der Waals surface area contributed by atoms with E-state index >= 15 is 0 Å². The van der Waals surface area contributed by atoms with E-state index in [0.717, 1.165) is 31.5 Å². The number of nitrogens with one attached hydrogen (secondary N) is 1. The summed E-state index contributed by atoms with van der Waals surface area (Å²) in [6.07, 6.45) is 1.90. The smallest absolute Gasteiger partial charge is 0.228 e. The Hall–Kier alpha value is -3.14. The van der Waals surface area contributed by atoms with Crippen LogP contribution in [0.15, 0.2) is 18.2 Å². The topological polar surface area (TPSA) is 119 Å². The molecule has 3 heterocycles. The Morgan fingerprint density at radius 3 is 1.87 bits per heavy atom. The van der Waals surface area contributed by atoms with Crippen LogP contribution in [0.2, 0.25) is 5.02 Å². The summed E-state index contributed by atoms with van der Waals surface area (Å²) in [5.74, 6) is 1.75. The first-order valence-electron chi connectivity index (χ1n) is 15.4. The summed E-state index contributed by atoms with van der Waals surface area (Å²) < 4.78 is 41.2. The molecule has 1 fully saturated rings. The van der Waals surface area contributed by atoms with Crippen molar-refractivity contribution in [2.45, 2.75) is 25.5 Å². The number of nitrogens with zero attached hydrogens (tertiary/aromatic N) is 7. The number of ether oxygens (including phenoxy) is 5. The molecule has 1 aliphatic heterocycles. The number of hydrogen-bond donors (Lipinski definition) is 1. The van der Waals surface area contributed by atoms with Crippen molar-refractivity contribution < 1.29 is 28.1 Å². The standard InChI is InChI=1S/C31H46ClFN8O5/c1-42-16-12-40(13-17-43-2)30-36-27-26(28(37-30)34-21-22-6-7-25(33)24(32)20-22)35-31(41(14-18-44-3)15-19-45-4)38-29(27)39-10-8-23(46-5)9-11-39/h6-7,20,23H,8-19,21H2,1-5H3,(H,34,36,37). The van der Waals surface area contributed by atoms with Crippen LogP contribution in [0.1, 0.15) is 18.4 Å². The zero-order chi connectivity index (χ0) is 32.9. The van der Waals surface area contributed by atoms with Crippen molar-refractivity contribution >= 4 is 46.2 Å². The monoisotopic (exact) mass is 664 g/mol. The number of anilines is 4. The molecule has 4 rings (SSSR count). The molecule has 0 aliphatic carbocycles. The van der Waals surface area contributed by atoms with Crippen molar-refractivity contribution in [2.75, 3.05) is 121 Å². The predicted molar refractivity (Wildman–Crippen MR) is 178 cm³/mol. The summed E-state index contributed by atoms with van der Waals surface area (Å²) in [6.45, 7) is 5.96. The highest BCUT2D eigenvalue weighted by molar-refractivity contribution is 6.30. The van der Waals surface area contributed by atoms with Crippen molar-refractivity contribution in [1.29, 1.82) is 0 Å². The lowest BCUT2D eigenvalue weighted by Gasteiger charge is -2.33. The summed E-state index contributed by atoms with van der Waals surface area (Å²) in [7, 11) is 8.40. The van der Waals surface area contributed by atoms with E-state index in [0.29, 0.717) is 93.7 Å². The number of benzene rings is 1. The third-order valence-electron chi connectivity index (χ3n) is 7.85. The third-order valence-corrected chi connectivity index (χ3v) is 8.14. The van der Waals surface area contributed by atoms with Crippen LogP contribution in [0.4, 0.5) is 27.9 Å². The first-order valence-corrected chi connectivity index (χ1v) is 15.8. The zero-order valence-electron chi connectivity index (χ0n) is 27.4. The van der Waals surface area contributed by atoms with E-state index in [1.165, 1.54) is 6.07 Å². The zero-order valence-corrected chi connectivity index (χ0v) is 28.2. The van der Waals surface area contributed by atoms with E-state index in [1.54, 1.807) is 47.7 Å². The van der Waals surface area contributed by atoms with Crippen LogP contribution in [-0.2, 0) is 30.2 Å². The van der Waals surface area contributed by atoms with Gasteiger partial charge >= 0.3 is 0 Å². The highest BCUT2D eigenvalue weighted by Crippen LogP contribution is 2.33. The molecule has 0 atom stereocenters. The van der Waals surface area contributed by atoms with Gasteiger partial charge in [-0.15, -0.1) is 0 Å². The molecule has 15 heteroatoms. The van der Waals surface area contributed by atoms with Crippen molar-refractivity contribution in [3.8, 4) is 0 Å². The van der Waals surface area contributed by atoms with Gasteiger partial charge in [0.1, 0.15) is 16.9 Å².